The number of nitrogens with one attached hydrogen (secondary N) is 2. The van der Waals surface area contributed by atoms with E-state index in [1.165, 1.54) is 5.56 Å². The summed E-state index contributed by atoms with van der Waals surface area (Å²) in [6.45, 7) is 3.93. The second kappa shape index (κ2) is 7.54. The van der Waals surface area contributed by atoms with Crippen molar-refractivity contribution in [1.82, 2.24) is 14.8 Å². The van der Waals surface area contributed by atoms with Crippen molar-refractivity contribution in [3.8, 4) is 0 Å². The molecular formula is C19H20ClN5O2. The van der Waals surface area contributed by atoms with Gasteiger partial charge in [-0.15, -0.1) is 0 Å². The van der Waals surface area contributed by atoms with Crippen LogP contribution in [0.25, 0.3) is 0 Å². The van der Waals surface area contributed by atoms with E-state index in [4.69, 9.17) is 11.6 Å². The van der Waals surface area contributed by atoms with Crippen LogP contribution in [-0.2, 0) is 11.3 Å². The molecule has 4 rings (SSSR count). The molecular weight excluding hydrogens is 366 g/mol. The number of carbonyl (C=O) groups excluding carboxylic acids is 2. The first kappa shape index (κ1) is 17.8. The number of fused-ring (bicyclic) bond motifs is 1. The number of pyridine rings is 1. The second-order valence-electron chi connectivity index (χ2n) is 6.72. The molecule has 0 bridgehead atoms. The van der Waals surface area contributed by atoms with Crippen molar-refractivity contribution in [2.45, 2.75) is 6.54 Å². The number of nitrogens with zero attached hydrogens (tertiary/aromatic N) is 3. The Morgan fingerprint density at radius 2 is 2.00 bits per heavy atom. The summed E-state index contributed by atoms with van der Waals surface area (Å²) in [5.74, 6) is 0.397. The SMILES string of the molecule is O=C1CNc2ncc(C(=O)N3CCN(Cc4cccc(Cl)c4)CC3)cc2N1. The summed E-state index contributed by atoms with van der Waals surface area (Å²) in [7, 11) is 0. The van der Waals surface area contributed by atoms with Crippen LogP contribution < -0.4 is 10.6 Å². The minimum absolute atomic E-state index is 0.0625. The topological polar surface area (TPSA) is 77.6 Å². The Morgan fingerprint density at radius 3 is 2.78 bits per heavy atom. The van der Waals surface area contributed by atoms with E-state index >= 15 is 0 Å². The van der Waals surface area contributed by atoms with Crippen LogP contribution in [0.3, 0.4) is 0 Å². The second-order valence-corrected chi connectivity index (χ2v) is 7.16. The predicted molar refractivity (Wildman–Crippen MR) is 104 cm³/mol. The van der Waals surface area contributed by atoms with E-state index in [1.807, 2.05) is 23.1 Å². The molecule has 0 saturated carbocycles. The highest BCUT2D eigenvalue weighted by molar-refractivity contribution is 6.30. The zero-order valence-corrected chi connectivity index (χ0v) is 15.5. The van der Waals surface area contributed by atoms with E-state index in [0.29, 0.717) is 30.2 Å². The van der Waals surface area contributed by atoms with Gasteiger partial charge in [0.2, 0.25) is 5.91 Å². The number of amides is 2. The lowest BCUT2D eigenvalue weighted by Gasteiger charge is -2.35. The Kier molecular flexibility index (Phi) is 4.96. The molecule has 1 aromatic heterocycles. The van der Waals surface area contributed by atoms with E-state index in [0.717, 1.165) is 24.7 Å². The molecule has 0 radical (unpaired) electrons. The van der Waals surface area contributed by atoms with Crippen LogP contribution in [0, 0.1) is 0 Å². The number of hydrogen-bond donors (Lipinski definition) is 2. The molecule has 0 spiro atoms. The fourth-order valence-corrected chi connectivity index (χ4v) is 3.57. The third-order valence-electron chi connectivity index (χ3n) is 4.78. The van der Waals surface area contributed by atoms with Gasteiger partial charge in [0, 0.05) is 43.9 Å². The number of aromatic nitrogens is 1. The Morgan fingerprint density at radius 1 is 1.19 bits per heavy atom. The molecule has 7 nitrogen and oxygen atoms in total. The fourth-order valence-electron chi connectivity index (χ4n) is 3.36. The lowest BCUT2D eigenvalue weighted by Crippen LogP contribution is -2.48. The van der Waals surface area contributed by atoms with Crippen LogP contribution in [0.15, 0.2) is 36.5 Å². The zero-order valence-electron chi connectivity index (χ0n) is 14.7. The van der Waals surface area contributed by atoms with Gasteiger partial charge in [0.25, 0.3) is 5.91 Å². The summed E-state index contributed by atoms with van der Waals surface area (Å²) in [4.78, 5) is 32.7. The first-order chi connectivity index (χ1) is 13.1. The number of halogens is 1. The Bertz CT molecular complexity index is 880. The van der Waals surface area contributed by atoms with Crippen molar-refractivity contribution < 1.29 is 9.59 Å². The summed E-state index contributed by atoms with van der Waals surface area (Å²) >= 11 is 6.05. The Labute approximate surface area is 162 Å². The van der Waals surface area contributed by atoms with Crippen LogP contribution in [0.2, 0.25) is 5.02 Å². The van der Waals surface area contributed by atoms with Crippen molar-refractivity contribution in [1.29, 1.82) is 0 Å². The van der Waals surface area contributed by atoms with Crippen LogP contribution in [0.5, 0.6) is 0 Å². The van der Waals surface area contributed by atoms with Gasteiger partial charge in [0.15, 0.2) is 0 Å². The molecule has 1 saturated heterocycles. The van der Waals surface area contributed by atoms with Gasteiger partial charge in [-0.1, -0.05) is 23.7 Å². The number of hydrogen-bond acceptors (Lipinski definition) is 5. The zero-order chi connectivity index (χ0) is 18.8. The van der Waals surface area contributed by atoms with Crippen molar-refractivity contribution in [3.63, 3.8) is 0 Å². The van der Waals surface area contributed by atoms with Gasteiger partial charge in [0.05, 0.1) is 17.8 Å². The quantitative estimate of drug-likeness (QED) is 0.845. The van der Waals surface area contributed by atoms with Gasteiger partial charge in [-0.2, -0.15) is 0 Å². The molecule has 140 valence electrons. The van der Waals surface area contributed by atoms with Crippen LogP contribution in [-0.4, -0.2) is 59.3 Å². The molecule has 27 heavy (non-hydrogen) atoms. The maximum atomic E-state index is 12.8. The maximum Gasteiger partial charge on any atom is 0.255 e. The highest BCUT2D eigenvalue weighted by Crippen LogP contribution is 2.24. The van der Waals surface area contributed by atoms with Crippen molar-refractivity contribution in [2.24, 2.45) is 0 Å². The summed E-state index contributed by atoms with van der Waals surface area (Å²) in [6, 6.07) is 9.54. The fraction of sp³-hybridized carbons (Fsp3) is 0.316. The van der Waals surface area contributed by atoms with Crippen molar-refractivity contribution in [3.05, 3.63) is 52.7 Å². The first-order valence-electron chi connectivity index (χ1n) is 8.88. The van der Waals surface area contributed by atoms with Gasteiger partial charge in [-0.05, 0) is 23.8 Å². The van der Waals surface area contributed by atoms with Gasteiger partial charge < -0.3 is 15.5 Å². The average Bonchev–Trinajstić information content (AvgIpc) is 2.67. The third-order valence-corrected chi connectivity index (χ3v) is 5.01. The van der Waals surface area contributed by atoms with Crippen molar-refractivity contribution >= 4 is 34.9 Å². The van der Waals surface area contributed by atoms with Gasteiger partial charge in [-0.3, -0.25) is 14.5 Å². The monoisotopic (exact) mass is 385 g/mol. The molecule has 0 unspecified atom stereocenters. The third kappa shape index (κ3) is 4.04. The number of anilines is 2. The van der Waals surface area contributed by atoms with E-state index in [1.54, 1.807) is 12.3 Å². The number of piperazine rings is 1. The maximum absolute atomic E-state index is 12.8. The molecule has 0 aliphatic carbocycles. The molecule has 2 aliphatic rings. The standard InChI is InChI=1S/C19H20ClN5O2/c20-15-3-1-2-13(8-15)12-24-4-6-25(7-5-24)19(27)14-9-16-18(21-10-14)22-11-17(26)23-16/h1-3,8-10H,4-7,11-12H2,(H,21,22)(H,23,26). The van der Waals surface area contributed by atoms with Gasteiger partial charge in [-0.25, -0.2) is 4.98 Å². The summed E-state index contributed by atoms with van der Waals surface area (Å²) < 4.78 is 0. The average molecular weight is 386 g/mol. The summed E-state index contributed by atoms with van der Waals surface area (Å²) in [5.41, 5.74) is 2.21. The molecule has 2 N–H and O–H groups in total. The number of rotatable bonds is 3. The van der Waals surface area contributed by atoms with Gasteiger partial charge >= 0.3 is 0 Å². The van der Waals surface area contributed by atoms with E-state index in [9.17, 15) is 9.59 Å². The summed E-state index contributed by atoms with van der Waals surface area (Å²) in [6.07, 6.45) is 1.56. The number of carbonyl (C=O) groups is 2. The van der Waals surface area contributed by atoms with Crippen LogP contribution in [0.4, 0.5) is 11.5 Å². The smallest absolute Gasteiger partial charge is 0.255 e. The van der Waals surface area contributed by atoms with E-state index < -0.39 is 0 Å². The lowest BCUT2D eigenvalue weighted by atomic mass is 10.1. The molecule has 8 heteroatoms. The molecule has 1 aromatic carbocycles. The van der Waals surface area contributed by atoms with E-state index in [-0.39, 0.29) is 18.4 Å². The van der Waals surface area contributed by atoms with E-state index in [2.05, 4.69) is 26.6 Å². The Hall–Kier alpha value is -2.64. The molecule has 1 fully saturated rings. The predicted octanol–water partition coefficient (Wildman–Crippen LogP) is 2.06. The minimum Gasteiger partial charge on any atom is -0.359 e. The normalized spacial score (nSPS) is 17.1. The molecule has 3 heterocycles. The van der Waals surface area contributed by atoms with Gasteiger partial charge in [0.1, 0.15) is 5.82 Å². The highest BCUT2D eigenvalue weighted by atomic mass is 35.5. The highest BCUT2D eigenvalue weighted by Gasteiger charge is 2.24. The van der Waals surface area contributed by atoms with Crippen LogP contribution >= 0.6 is 11.6 Å². The molecule has 2 amide bonds. The largest absolute Gasteiger partial charge is 0.359 e. The lowest BCUT2D eigenvalue weighted by molar-refractivity contribution is -0.114. The minimum atomic E-state index is -0.136. The first-order valence-corrected chi connectivity index (χ1v) is 9.26. The molecule has 2 aromatic rings. The van der Waals surface area contributed by atoms with Crippen molar-refractivity contribution in [2.75, 3.05) is 43.4 Å². The summed E-state index contributed by atoms with van der Waals surface area (Å²) in [5, 5.41) is 6.41. The molecule has 2 aliphatic heterocycles. The number of benzene rings is 1. The molecule has 0 atom stereocenters. The van der Waals surface area contributed by atoms with Crippen LogP contribution in [0.1, 0.15) is 15.9 Å². The Balaban J connectivity index is 1.37.